The Balaban J connectivity index is 5.79. The number of rotatable bonds is 10. The van der Waals surface area contributed by atoms with E-state index in [9.17, 15) is 18.9 Å². The summed E-state index contributed by atoms with van der Waals surface area (Å²) < 4.78 is 31.7. The molecule has 0 radical (unpaired) electrons. The second-order valence-electron chi connectivity index (χ2n) is 5.20. The Kier molecular flexibility index (Phi) is 9.85. The van der Waals surface area contributed by atoms with Gasteiger partial charge in [-0.05, 0) is 0 Å². The van der Waals surface area contributed by atoms with Gasteiger partial charge in [0.2, 0.25) is 0 Å². The highest BCUT2D eigenvalue weighted by molar-refractivity contribution is 7.57. The van der Waals surface area contributed by atoms with Crippen molar-refractivity contribution < 1.29 is 37.7 Å². The largest absolute Gasteiger partial charge is 0.452 e. The van der Waals surface area contributed by atoms with Crippen LogP contribution in [0, 0.1) is 37.0 Å². The predicted octanol–water partition coefficient (Wildman–Crippen LogP) is 0.589. The fourth-order valence-electron chi connectivity index (χ4n) is 1.78. The average Bonchev–Trinajstić information content (AvgIpc) is 2.54. The van der Waals surface area contributed by atoms with E-state index in [1.165, 1.54) is 13.3 Å². The van der Waals surface area contributed by atoms with E-state index in [1.54, 1.807) is 0 Å². The third-order valence-corrected chi connectivity index (χ3v) is 3.34. The summed E-state index contributed by atoms with van der Waals surface area (Å²) in [6.07, 6.45) is 13.4. The van der Waals surface area contributed by atoms with Crippen LogP contribution in [0.2, 0.25) is 0 Å². The van der Waals surface area contributed by atoms with Crippen molar-refractivity contribution in [3.63, 3.8) is 0 Å². The maximum absolute atomic E-state index is 12.5. The summed E-state index contributed by atoms with van der Waals surface area (Å²) in [7, 11) is -3.39. The van der Waals surface area contributed by atoms with Gasteiger partial charge in [-0.1, -0.05) is 17.8 Å². The van der Waals surface area contributed by atoms with Crippen LogP contribution in [-0.4, -0.2) is 56.7 Å². The number of terminal acetylenes is 3. The molecule has 0 amide bonds. The molecule has 140 valence electrons. The fourth-order valence-corrected chi connectivity index (χ4v) is 2.83. The van der Waals surface area contributed by atoms with E-state index in [-0.39, 0.29) is 13.2 Å². The highest BCUT2D eigenvalue weighted by Gasteiger charge is 2.49. The summed E-state index contributed by atoms with van der Waals surface area (Å²) in [5.41, 5.74) is -2.27. The smallest absolute Gasteiger partial charge is 0.341 e. The molecule has 0 rings (SSSR count). The van der Waals surface area contributed by atoms with Crippen LogP contribution in [0.5, 0.6) is 0 Å². The first-order valence-corrected chi connectivity index (χ1v) is 9.66. The number of carbonyl (C=O) groups excluding carboxylic acids is 3. The molecule has 0 aromatic heterocycles. The quantitative estimate of drug-likeness (QED) is 0.234. The van der Waals surface area contributed by atoms with Gasteiger partial charge in [0, 0.05) is 13.3 Å². The van der Waals surface area contributed by atoms with Gasteiger partial charge in [-0.2, -0.15) is 0 Å². The highest BCUT2D eigenvalue weighted by atomic mass is 31.2. The molecule has 26 heavy (non-hydrogen) atoms. The molecule has 0 aromatic carbocycles. The standard InChI is InChI=1S/C17H19O8P/c1-6-9-22-14(18)12-17(25-26(4,5)21,16(20)24-11-8-3)13-15(19)23-10-7-2/h1-3H,9-13H2,4-5H3. The molecule has 0 aliphatic heterocycles. The number of ether oxygens (including phenoxy) is 3. The fraction of sp³-hybridized carbons (Fsp3) is 0.471. The van der Waals surface area contributed by atoms with Crippen molar-refractivity contribution in [2.75, 3.05) is 33.2 Å². The monoisotopic (exact) mass is 382 g/mol. The summed E-state index contributed by atoms with van der Waals surface area (Å²) in [5.74, 6) is 3.08. The zero-order valence-corrected chi connectivity index (χ0v) is 15.4. The molecule has 0 atom stereocenters. The van der Waals surface area contributed by atoms with Gasteiger partial charge in [-0.3, -0.25) is 14.2 Å². The van der Waals surface area contributed by atoms with Gasteiger partial charge >= 0.3 is 17.9 Å². The van der Waals surface area contributed by atoms with E-state index in [4.69, 9.17) is 38.0 Å². The second-order valence-corrected chi connectivity index (χ2v) is 7.89. The lowest BCUT2D eigenvalue weighted by molar-refractivity contribution is -0.172. The third kappa shape index (κ3) is 8.94. The number of carbonyl (C=O) groups is 3. The first-order chi connectivity index (χ1) is 12.1. The van der Waals surface area contributed by atoms with Gasteiger partial charge in [0.1, 0.15) is 0 Å². The summed E-state index contributed by atoms with van der Waals surface area (Å²) in [4.78, 5) is 36.4. The van der Waals surface area contributed by atoms with Crippen LogP contribution < -0.4 is 0 Å². The van der Waals surface area contributed by atoms with E-state index in [0.717, 1.165) is 0 Å². The molecule has 0 aromatic rings. The Bertz CT molecular complexity index is 666. The average molecular weight is 382 g/mol. The maximum Gasteiger partial charge on any atom is 0.341 e. The van der Waals surface area contributed by atoms with E-state index in [1.807, 2.05) is 0 Å². The van der Waals surface area contributed by atoms with Crippen molar-refractivity contribution in [2.24, 2.45) is 0 Å². The highest BCUT2D eigenvalue weighted by Crippen LogP contribution is 2.45. The van der Waals surface area contributed by atoms with Gasteiger partial charge in [0.15, 0.2) is 32.8 Å². The van der Waals surface area contributed by atoms with Crippen LogP contribution in [0.15, 0.2) is 0 Å². The summed E-state index contributed by atoms with van der Waals surface area (Å²) >= 11 is 0. The van der Waals surface area contributed by atoms with Crippen molar-refractivity contribution in [1.82, 2.24) is 0 Å². The van der Waals surface area contributed by atoms with E-state index in [2.05, 4.69) is 17.8 Å². The topological polar surface area (TPSA) is 105 Å². The lowest BCUT2D eigenvalue weighted by atomic mass is 9.95. The van der Waals surface area contributed by atoms with Crippen LogP contribution in [0.1, 0.15) is 12.8 Å². The molecule has 0 spiro atoms. The third-order valence-electron chi connectivity index (χ3n) is 2.55. The SMILES string of the molecule is C#CCOC(=O)CC(CC(=O)OCC#C)(OP(C)(C)=O)C(=O)OCC#C. The molecule has 0 aliphatic rings. The molecule has 0 N–H and O–H groups in total. The lowest BCUT2D eigenvalue weighted by Crippen LogP contribution is -2.46. The van der Waals surface area contributed by atoms with Gasteiger partial charge in [0.05, 0.1) is 12.8 Å². The summed E-state index contributed by atoms with van der Waals surface area (Å²) in [6, 6.07) is 0. The van der Waals surface area contributed by atoms with Gasteiger partial charge in [0.25, 0.3) is 0 Å². The van der Waals surface area contributed by atoms with Crippen molar-refractivity contribution in [1.29, 1.82) is 0 Å². The minimum Gasteiger partial charge on any atom is -0.452 e. The van der Waals surface area contributed by atoms with Gasteiger partial charge < -0.3 is 18.7 Å². The molecule has 8 nitrogen and oxygen atoms in total. The number of hydrogen-bond acceptors (Lipinski definition) is 8. The normalized spacial score (nSPS) is 10.6. The molecule has 0 fully saturated rings. The van der Waals surface area contributed by atoms with Crippen LogP contribution in [0.3, 0.4) is 0 Å². The Morgan fingerprint density at radius 1 is 0.846 bits per heavy atom. The Morgan fingerprint density at radius 2 is 1.23 bits per heavy atom. The molecule has 0 bridgehead atoms. The molecule has 0 unspecified atom stereocenters. The minimum atomic E-state index is -3.39. The Hall–Kier alpha value is -2.72. The molecule has 0 heterocycles. The maximum atomic E-state index is 12.5. The molecular formula is C17H19O8P. The molecular weight excluding hydrogens is 363 g/mol. The molecule has 0 aliphatic carbocycles. The van der Waals surface area contributed by atoms with Crippen LogP contribution in [0.25, 0.3) is 0 Å². The Labute approximate surface area is 152 Å². The second kappa shape index (κ2) is 11.0. The first kappa shape index (κ1) is 23.3. The first-order valence-electron chi connectivity index (χ1n) is 7.15. The molecule has 0 saturated heterocycles. The van der Waals surface area contributed by atoms with Gasteiger partial charge in [-0.25, -0.2) is 4.79 Å². The van der Waals surface area contributed by atoms with Crippen molar-refractivity contribution >= 4 is 25.3 Å². The van der Waals surface area contributed by atoms with Gasteiger partial charge in [-0.15, -0.1) is 19.3 Å². The van der Waals surface area contributed by atoms with Crippen molar-refractivity contribution in [2.45, 2.75) is 18.4 Å². The summed E-state index contributed by atoms with van der Waals surface area (Å²) in [6.45, 7) is 1.18. The van der Waals surface area contributed by atoms with Crippen molar-refractivity contribution in [3.05, 3.63) is 0 Å². The molecule has 0 saturated carbocycles. The van der Waals surface area contributed by atoms with Crippen LogP contribution in [-0.2, 0) is 37.7 Å². The van der Waals surface area contributed by atoms with E-state index in [0.29, 0.717) is 0 Å². The minimum absolute atomic E-state index is 0.369. The predicted molar refractivity (Wildman–Crippen MR) is 91.9 cm³/mol. The number of esters is 3. The molecule has 9 heteroatoms. The van der Waals surface area contributed by atoms with Crippen molar-refractivity contribution in [3.8, 4) is 37.0 Å². The summed E-state index contributed by atoms with van der Waals surface area (Å²) in [5, 5.41) is 0. The van der Waals surface area contributed by atoms with Crippen LogP contribution >= 0.6 is 7.37 Å². The lowest BCUT2D eigenvalue weighted by Gasteiger charge is -2.31. The van der Waals surface area contributed by atoms with Crippen LogP contribution in [0.4, 0.5) is 0 Å². The van der Waals surface area contributed by atoms with E-state index >= 15 is 0 Å². The number of hydrogen-bond donors (Lipinski definition) is 0. The Morgan fingerprint density at radius 3 is 1.58 bits per heavy atom. The zero-order chi connectivity index (χ0) is 20.2. The van der Waals surface area contributed by atoms with E-state index < -0.39 is 50.3 Å². The zero-order valence-electron chi connectivity index (χ0n) is 14.5.